The molecule has 3 heteroatoms. The Morgan fingerprint density at radius 1 is 1.53 bits per heavy atom. The molecule has 0 amide bonds. The lowest BCUT2D eigenvalue weighted by Crippen LogP contribution is -1.99. The molecule has 82 valence electrons. The van der Waals surface area contributed by atoms with Gasteiger partial charge in [0.1, 0.15) is 12.0 Å². The molecule has 0 heterocycles. The first-order valence-electron chi connectivity index (χ1n) is 4.87. The van der Waals surface area contributed by atoms with Crippen LogP contribution < -0.4 is 4.74 Å². The van der Waals surface area contributed by atoms with Gasteiger partial charge >= 0.3 is 0 Å². The first-order chi connectivity index (χ1) is 7.10. The predicted molar refractivity (Wildman–Crippen MR) is 64.5 cm³/mol. The molecule has 0 aromatic heterocycles. The lowest BCUT2D eigenvalue weighted by molar-refractivity contribution is -0.108. The van der Waals surface area contributed by atoms with Crippen molar-refractivity contribution in [1.29, 1.82) is 0 Å². The van der Waals surface area contributed by atoms with Gasteiger partial charge in [-0.25, -0.2) is 0 Å². The summed E-state index contributed by atoms with van der Waals surface area (Å²) in [4.78, 5) is 10.5. The molecule has 0 aliphatic heterocycles. The minimum Gasteiger partial charge on any atom is -0.497 e. The van der Waals surface area contributed by atoms with E-state index in [0.717, 1.165) is 22.1 Å². The molecule has 1 aromatic carbocycles. The highest BCUT2D eigenvalue weighted by molar-refractivity contribution is 9.10. The quantitative estimate of drug-likeness (QED) is 0.784. The van der Waals surface area contributed by atoms with Crippen LogP contribution in [0.15, 0.2) is 16.6 Å². The van der Waals surface area contributed by atoms with Crippen molar-refractivity contribution in [2.75, 3.05) is 7.11 Å². The SMILES string of the molecule is COc1cc(Br)c(C)c(C(C)CC=O)c1. The van der Waals surface area contributed by atoms with Crippen molar-refractivity contribution in [3.8, 4) is 5.75 Å². The second-order valence-electron chi connectivity index (χ2n) is 3.63. The molecule has 0 saturated heterocycles. The highest BCUT2D eigenvalue weighted by atomic mass is 79.9. The summed E-state index contributed by atoms with van der Waals surface area (Å²) in [6.45, 7) is 4.09. The summed E-state index contributed by atoms with van der Waals surface area (Å²) in [7, 11) is 1.64. The molecule has 1 aromatic rings. The van der Waals surface area contributed by atoms with E-state index < -0.39 is 0 Å². The molecule has 2 nitrogen and oxygen atoms in total. The summed E-state index contributed by atoms with van der Waals surface area (Å²) in [5.74, 6) is 1.05. The van der Waals surface area contributed by atoms with Gasteiger partial charge in [-0.1, -0.05) is 22.9 Å². The Balaban J connectivity index is 3.14. The van der Waals surface area contributed by atoms with Crippen molar-refractivity contribution >= 4 is 22.2 Å². The van der Waals surface area contributed by atoms with Crippen LogP contribution in [0.3, 0.4) is 0 Å². The first-order valence-corrected chi connectivity index (χ1v) is 5.67. The van der Waals surface area contributed by atoms with E-state index >= 15 is 0 Å². The molecule has 0 saturated carbocycles. The zero-order chi connectivity index (χ0) is 11.4. The van der Waals surface area contributed by atoms with Gasteiger partial charge in [-0.3, -0.25) is 0 Å². The van der Waals surface area contributed by atoms with Crippen molar-refractivity contribution in [2.45, 2.75) is 26.2 Å². The molecule has 0 spiro atoms. The smallest absolute Gasteiger partial charge is 0.120 e. The van der Waals surface area contributed by atoms with Gasteiger partial charge in [-0.05, 0) is 36.1 Å². The zero-order valence-electron chi connectivity index (χ0n) is 9.21. The Kier molecular flexibility index (Phi) is 4.33. The summed E-state index contributed by atoms with van der Waals surface area (Å²) >= 11 is 3.49. The molecule has 0 aliphatic rings. The molecular formula is C12H15BrO2. The Morgan fingerprint density at radius 2 is 2.20 bits per heavy atom. The molecule has 0 fully saturated rings. The van der Waals surface area contributed by atoms with Crippen LogP contribution in [0.2, 0.25) is 0 Å². The van der Waals surface area contributed by atoms with E-state index in [0.29, 0.717) is 6.42 Å². The van der Waals surface area contributed by atoms with E-state index in [1.54, 1.807) is 7.11 Å². The fourth-order valence-corrected chi connectivity index (χ4v) is 2.03. The van der Waals surface area contributed by atoms with Gasteiger partial charge in [0.15, 0.2) is 0 Å². The molecule has 0 bridgehead atoms. The number of carbonyl (C=O) groups is 1. The Labute approximate surface area is 98.8 Å². The lowest BCUT2D eigenvalue weighted by atomic mass is 9.94. The van der Waals surface area contributed by atoms with Crippen LogP contribution >= 0.6 is 15.9 Å². The third-order valence-corrected chi connectivity index (χ3v) is 3.40. The van der Waals surface area contributed by atoms with Crippen LogP contribution in [-0.4, -0.2) is 13.4 Å². The minimum absolute atomic E-state index is 0.230. The number of aldehydes is 1. The van der Waals surface area contributed by atoms with E-state index in [-0.39, 0.29) is 5.92 Å². The predicted octanol–water partition coefficient (Wildman–Crippen LogP) is 3.46. The first kappa shape index (κ1) is 12.2. The van der Waals surface area contributed by atoms with Crippen LogP contribution in [0.1, 0.15) is 30.4 Å². The maximum absolute atomic E-state index is 10.5. The minimum atomic E-state index is 0.230. The maximum Gasteiger partial charge on any atom is 0.120 e. The van der Waals surface area contributed by atoms with E-state index in [2.05, 4.69) is 15.9 Å². The fraction of sp³-hybridized carbons (Fsp3) is 0.417. The number of halogens is 1. The van der Waals surface area contributed by atoms with Crippen LogP contribution in [0.25, 0.3) is 0 Å². The highest BCUT2D eigenvalue weighted by Crippen LogP contribution is 2.31. The number of methoxy groups -OCH3 is 1. The second kappa shape index (κ2) is 5.31. The molecule has 1 rings (SSSR count). The van der Waals surface area contributed by atoms with E-state index in [9.17, 15) is 4.79 Å². The Morgan fingerprint density at radius 3 is 2.73 bits per heavy atom. The normalized spacial score (nSPS) is 12.3. The van der Waals surface area contributed by atoms with Crippen LogP contribution in [0, 0.1) is 6.92 Å². The van der Waals surface area contributed by atoms with Gasteiger partial charge in [0, 0.05) is 10.9 Å². The molecule has 1 atom stereocenters. The van der Waals surface area contributed by atoms with E-state index in [4.69, 9.17) is 4.74 Å². The molecule has 0 N–H and O–H groups in total. The lowest BCUT2D eigenvalue weighted by Gasteiger charge is -2.15. The summed E-state index contributed by atoms with van der Waals surface area (Å²) in [5, 5.41) is 0. The number of hydrogen-bond acceptors (Lipinski definition) is 2. The van der Waals surface area contributed by atoms with Gasteiger partial charge in [0.2, 0.25) is 0 Å². The number of carbonyl (C=O) groups excluding carboxylic acids is 1. The second-order valence-corrected chi connectivity index (χ2v) is 4.48. The average Bonchev–Trinajstić information content (AvgIpc) is 2.22. The summed E-state index contributed by atoms with van der Waals surface area (Å²) in [5.41, 5.74) is 2.33. The van der Waals surface area contributed by atoms with Crippen molar-refractivity contribution in [2.24, 2.45) is 0 Å². The van der Waals surface area contributed by atoms with Crippen LogP contribution in [0.4, 0.5) is 0 Å². The van der Waals surface area contributed by atoms with Crippen molar-refractivity contribution in [1.82, 2.24) is 0 Å². The molecule has 0 radical (unpaired) electrons. The Bertz CT molecular complexity index is 361. The standard InChI is InChI=1S/C12H15BrO2/c1-8(4-5-14)11-6-10(15-3)7-12(13)9(11)2/h5-8H,4H2,1-3H3. The summed E-state index contributed by atoms with van der Waals surface area (Å²) in [6, 6.07) is 3.93. The summed E-state index contributed by atoms with van der Waals surface area (Å²) < 4.78 is 6.22. The van der Waals surface area contributed by atoms with Crippen LogP contribution in [-0.2, 0) is 4.79 Å². The number of rotatable bonds is 4. The third kappa shape index (κ3) is 2.81. The zero-order valence-corrected chi connectivity index (χ0v) is 10.8. The van der Waals surface area contributed by atoms with Crippen molar-refractivity contribution < 1.29 is 9.53 Å². The Hall–Kier alpha value is -0.830. The molecule has 15 heavy (non-hydrogen) atoms. The number of hydrogen-bond donors (Lipinski definition) is 0. The van der Waals surface area contributed by atoms with E-state index in [1.807, 2.05) is 26.0 Å². The topological polar surface area (TPSA) is 26.3 Å². The molecule has 0 aliphatic carbocycles. The molecular weight excluding hydrogens is 256 g/mol. The van der Waals surface area contributed by atoms with Crippen molar-refractivity contribution in [3.05, 3.63) is 27.7 Å². The van der Waals surface area contributed by atoms with Gasteiger partial charge in [0.05, 0.1) is 7.11 Å². The van der Waals surface area contributed by atoms with Gasteiger partial charge < -0.3 is 9.53 Å². The third-order valence-electron chi connectivity index (χ3n) is 2.57. The monoisotopic (exact) mass is 270 g/mol. The van der Waals surface area contributed by atoms with E-state index in [1.165, 1.54) is 5.56 Å². The summed E-state index contributed by atoms with van der Waals surface area (Å²) in [6.07, 6.45) is 1.50. The van der Waals surface area contributed by atoms with Gasteiger partial charge in [-0.2, -0.15) is 0 Å². The fourth-order valence-electron chi connectivity index (χ4n) is 1.58. The number of benzene rings is 1. The van der Waals surface area contributed by atoms with Gasteiger partial charge in [-0.15, -0.1) is 0 Å². The average molecular weight is 271 g/mol. The van der Waals surface area contributed by atoms with Crippen LogP contribution in [0.5, 0.6) is 5.75 Å². The van der Waals surface area contributed by atoms with Crippen molar-refractivity contribution in [3.63, 3.8) is 0 Å². The maximum atomic E-state index is 10.5. The molecule has 1 unspecified atom stereocenters. The highest BCUT2D eigenvalue weighted by Gasteiger charge is 2.12. The largest absolute Gasteiger partial charge is 0.497 e. The van der Waals surface area contributed by atoms with Gasteiger partial charge in [0.25, 0.3) is 0 Å². The number of ether oxygens (including phenoxy) is 1.